The van der Waals surface area contributed by atoms with Crippen molar-refractivity contribution in [3.8, 4) is 17.2 Å². The Labute approximate surface area is 125 Å². The van der Waals surface area contributed by atoms with E-state index in [9.17, 15) is 4.39 Å². The van der Waals surface area contributed by atoms with Crippen molar-refractivity contribution in [3.63, 3.8) is 0 Å². The van der Waals surface area contributed by atoms with Crippen LogP contribution in [0, 0.1) is 31.0 Å². The predicted molar refractivity (Wildman–Crippen MR) is 83.6 cm³/mol. The van der Waals surface area contributed by atoms with Crippen molar-refractivity contribution in [2.75, 3.05) is 5.73 Å². The smallest absolute Gasteiger partial charge is 0.130 e. The molecule has 21 heavy (non-hydrogen) atoms. The largest absolute Gasteiger partial charge is 0.396 e. The maximum Gasteiger partial charge on any atom is 0.130 e. The van der Waals surface area contributed by atoms with Gasteiger partial charge in [0.05, 0.1) is 5.69 Å². The van der Waals surface area contributed by atoms with Crippen molar-refractivity contribution < 1.29 is 4.39 Å². The summed E-state index contributed by atoms with van der Waals surface area (Å²) < 4.78 is 13.2. The van der Waals surface area contributed by atoms with Gasteiger partial charge < -0.3 is 5.73 Å². The Kier molecular flexibility index (Phi) is 3.11. The van der Waals surface area contributed by atoms with Crippen LogP contribution < -0.4 is 5.73 Å². The number of nitrogen functional groups attached to an aromatic ring is 1. The zero-order valence-electron chi connectivity index (χ0n) is 11.6. The molecule has 2 N–H and O–H groups in total. The normalized spacial score (nSPS) is 10.8. The van der Waals surface area contributed by atoms with Crippen molar-refractivity contribution >= 4 is 27.2 Å². The Balaban J connectivity index is 2.45. The van der Waals surface area contributed by atoms with E-state index in [2.05, 4.69) is 11.1 Å². The molecule has 0 amide bonds. The monoisotopic (exact) mass is 297 g/mol. The lowest BCUT2D eigenvalue weighted by molar-refractivity contribution is 0.628. The molecule has 0 atom stereocenters. The lowest BCUT2D eigenvalue weighted by Crippen LogP contribution is -1.95. The second-order valence-corrected chi connectivity index (χ2v) is 5.84. The fraction of sp³-hybridized carbons (Fsp3) is 0.125. The van der Waals surface area contributed by atoms with Crippen LogP contribution in [0.1, 0.15) is 16.1 Å². The first-order valence-electron chi connectivity index (χ1n) is 6.38. The summed E-state index contributed by atoms with van der Waals surface area (Å²) in [4.78, 5) is 5.73. The number of halogens is 1. The molecule has 0 aliphatic heterocycles. The van der Waals surface area contributed by atoms with E-state index < -0.39 is 0 Å². The number of hydrogen-bond donors (Lipinski definition) is 1. The fourth-order valence-electron chi connectivity index (χ4n) is 2.42. The second-order valence-electron chi connectivity index (χ2n) is 4.84. The predicted octanol–water partition coefficient (Wildman–Crippen LogP) is 4.17. The highest BCUT2D eigenvalue weighted by Gasteiger charge is 2.18. The van der Waals surface area contributed by atoms with Gasteiger partial charge in [-0.3, -0.25) is 0 Å². The summed E-state index contributed by atoms with van der Waals surface area (Å²) in [5.74, 6) is -0.283. The third-order valence-electron chi connectivity index (χ3n) is 3.60. The van der Waals surface area contributed by atoms with Crippen LogP contribution in [0.3, 0.4) is 0 Å². The number of aromatic nitrogens is 1. The van der Waals surface area contributed by atoms with Crippen LogP contribution in [0.4, 0.5) is 10.1 Å². The first kappa shape index (κ1) is 13.5. The van der Waals surface area contributed by atoms with E-state index in [1.165, 1.54) is 23.5 Å². The molecule has 2 aromatic heterocycles. The molecule has 0 radical (unpaired) electrons. The molecule has 3 rings (SSSR count). The summed E-state index contributed by atoms with van der Waals surface area (Å²) in [5.41, 5.74) is 10.2. The molecular formula is C16H12FN3S. The second kappa shape index (κ2) is 4.83. The summed E-state index contributed by atoms with van der Waals surface area (Å²) in [6.07, 6.45) is 0. The number of pyridine rings is 1. The SMILES string of the molecule is Cc1nc2sc(C#N)c(N)c2c(-c2ccc(F)cc2)c1C. The summed E-state index contributed by atoms with van der Waals surface area (Å²) in [6.45, 7) is 3.88. The number of thiophene rings is 1. The standard InChI is InChI=1S/C16H12FN3S/c1-8-9(2)20-16-14(15(19)12(7-18)21-16)13(8)10-3-5-11(17)6-4-10/h3-6H,19H2,1-2H3. The van der Waals surface area contributed by atoms with Crippen LogP contribution >= 0.6 is 11.3 Å². The van der Waals surface area contributed by atoms with Crippen LogP contribution in [0.25, 0.3) is 21.3 Å². The van der Waals surface area contributed by atoms with Crippen LogP contribution in [0.5, 0.6) is 0 Å². The summed E-state index contributed by atoms with van der Waals surface area (Å²) in [7, 11) is 0. The number of aryl methyl sites for hydroxylation is 1. The molecule has 0 aliphatic rings. The van der Waals surface area contributed by atoms with Gasteiger partial charge in [-0.05, 0) is 42.7 Å². The summed E-state index contributed by atoms with van der Waals surface area (Å²) in [5, 5.41) is 9.94. The van der Waals surface area contributed by atoms with Gasteiger partial charge in [0.15, 0.2) is 0 Å². The molecule has 0 unspecified atom stereocenters. The number of anilines is 1. The highest BCUT2D eigenvalue weighted by atomic mass is 32.1. The van der Waals surface area contributed by atoms with E-state index in [0.29, 0.717) is 10.6 Å². The van der Waals surface area contributed by atoms with Crippen LogP contribution in [-0.4, -0.2) is 4.98 Å². The van der Waals surface area contributed by atoms with Gasteiger partial charge in [-0.1, -0.05) is 12.1 Å². The maximum atomic E-state index is 13.2. The Morgan fingerprint density at radius 2 is 1.90 bits per heavy atom. The fourth-order valence-corrected chi connectivity index (χ4v) is 3.36. The van der Waals surface area contributed by atoms with Gasteiger partial charge in [0.1, 0.15) is 21.6 Å². The van der Waals surface area contributed by atoms with Gasteiger partial charge in [-0.25, -0.2) is 9.37 Å². The van der Waals surface area contributed by atoms with Crippen molar-refractivity contribution in [1.29, 1.82) is 5.26 Å². The molecule has 104 valence electrons. The molecule has 0 saturated carbocycles. The number of nitriles is 1. The number of rotatable bonds is 1. The van der Waals surface area contributed by atoms with Crippen molar-refractivity contribution in [2.45, 2.75) is 13.8 Å². The molecular weight excluding hydrogens is 285 g/mol. The van der Waals surface area contributed by atoms with E-state index in [0.717, 1.165) is 32.6 Å². The molecule has 5 heteroatoms. The van der Waals surface area contributed by atoms with Gasteiger partial charge in [0.2, 0.25) is 0 Å². The molecule has 0 aliphatic carbocycles. The average Bonchev–Trinajstić information content (AvgIpc) is 2.78. The number of hydrogen-bond acceptors (Lipinski definition) is 4. The maximum absolute atomic E-state index is 13.2. The minimum Gasteiger partial charge on any atom is -0.396 e. The average molecular weight is 297 g/mol. The van der Waals surface area contributed by atoms with Crippen molar-refractivity contribution in [1.82, 2.24) is 4.98 Å². The topological polar surface area (TPSA) is 62.7 Å². The zero-order chi connectivity index (χ0) is 15.1. The van der Waals surface area contributed by atoms with Gasteiger partial charge in [0, 0.05) is 11.1 Å². The van der Waals surface area contributed by atoms with Crippen LogP contribution in [0.15, 0.2) is 24.3 Å². The van der Waals surface area contributed by atoms with Crippen LogP contribution in [0.2, 0.25) is 0 Å². The molecule has 3 aromatic rings. The lowest BCUT2D eigenvalue weighted by Gasteiger charge is -2.11. The number of fused-ring (bicyclic) bond motifs is 1. The molecule has 0 saturated heterocycles. The minimum absolute atomic E-state index is 0.283. The number of nitrogens with two attached hydrogens (primary N) is 1. The van der Waals surface area contributed by atoms with E-state index >= 15 is 0 Å². The van der Waals surface area contributed by atoms with Gasteiger partial charge in [0.25, 0.3) is 0 Å². The van der Waals surface area contributed by atoms with Gasteiger partial charge in [-0.2, -0.15) is 5.26 Å². The van der Waals surface area contributed by atoms with E-state index in [4.69, 9.17) is 11.0 Å². The highest BCUT2D eigenvalue weighted by molar-refractivity contribution is 7.20. The first-order chi connectivity index (χ1) is 10.0. The van der Waals surface area contributed by atoms with Crippen LogP contribution in [-0.2, 0) is 0 Å². The molecule has 3 nitrogen and oxygen atoms in total. The van der Waals surface area contributed by atoms with E-state index in [-0.39, 0.29) is 5.82 Å². The van der Waals surface area contributed by atoms with E-state index in [1.807, 2.05) is 13.8 Å². The molecule has 0 bridgehead atoms. The van der Waals surface area contributed by atoms with Gasteiger partial charge >= 0.3 is 0 Å². The lowest BCUT2D eigenvalue weighted by atomic mass is 9.96. The zero-order valence-corrected chi connectivity index (χ0v) is 12.4. The third kappa shape index (κ3) is 2.05. The molecule has 0 spiro atoms. The summed E-state index contributed by atoms with van der Waals surface area (Å²) >= 11 is 1.29. The van der Waals surface area contributed by atoms with E-state index in [1.54, 1.807) is 12.1 Å². The first-order valence-corrected chi connectivity index (χ1v) is 7.19. The molecule has 0 fully saturated rings. The quantitative estimate of drug-likeness (QED) is 0.733. The highest BCUT2D eigenvalue weighted by Crippen LogP contribution is 2.41. The van der Waals surface area contributed by atoms with Crippen molar-refractivity contribution in [2.24, 2.45) is 0 Å². The number of nitrogens with zero attached hydrogens (tertiary/aromatic N) is 2. The minimum atomic E-state index is -0.283. The Hall–Kier alpha value is -2.45. The Morgan fingerprint density at radius 1 is 1.24 bits per heavy atom. The summed E-state index contributed by atoms with van der Waals surface area (Å²) in [6, 6.07) is 8.39. The Morgan fingerprint density at radius 3 is 2.52 bits per heavy atom. The number of benzene rings is 1. The van der Waals surface area contributed by atoms with Gasteiger partial charge in [-0.15, -0.1) is 11.3 Å². The molecule has 1 aromatic carbocycles. The Bertz CT molecular complexity index is 889. The van der Waals surface area contributed by atoms with Crippen molar-refractivity contribution in [3.05, 3.63) is 46.2 Å². The third-order valence-corrected chi connectivity index (χ3v) is 4.60. The molecule has 2 heterocycles.